The van der Waals surface area contributed by atoms with Gasteiger partial charge in [-0.15, -0.1) is 0 Å². The van der Waals surface area contributed by atoms with Crippen molar-refractivity contribution in [2.75, 3.05) is 5.32 Å². The summed E-state index contributed by atoms with van der Waals surface area (Å²) in [6, 6.07) is 6.40. The minimum atomic E-state index is -2.75. The molecule has 2 N–H and O–H groups in total. The van der Waals surface area contributed by atoms with E-state index in [-0.39, 0.29) is 24.4 Å². The molecule has 0 saturated carbocycles. The van der Waals surface area contributed by atoms with Crippen LogP contribution in [-0.2, 0) is 22.4 Å². The fraction of sp³-hybridized carbons (Fsp3) is 0.312. The standard InChI is InChI=1S/C16H17F2N3O3/c1-9-13(10(2)21(20-9)16(17)18)8-14(22)19-12-5-3-11(4-6-12)7-15(23)24/h3-6,16H,7-8H2,1-2H3,(H,19,22)(H,23,24). The molecule has 0 saturated heterocycles. The van der Waals surface area contributed by atoms with E-state index in [1.54, 1.807) is 31.2 Å². The van der Waals surface area contributed by atoms with Crippen molar-refractivity contribution >= 4 is 17.6 Å². The zero-order valence-corrected chi connectivity index (χ0v) is 13.2. The number of amides is 1. The van der Waals surface area contributed by atoms with Crippen molar-refractivity contribution in [1.82, 2.24) is 9.78 Å². The first-order valence-corrected chi connectivity index (χ1v) is 7.21. The topological polar surface area (TPSA) is 84.2 Å². The summed E-state index contributed by atoms with van der Waals surface area (Å²) < 4.78 is 26.2. The van der Waals surface area contributed by atoms with Gasteiger partial charge in [0.05, 0.1) is 18.5 Å². The molecule has 0 spiro atoms. The third-order valence-electron chi connectivity index (χ3n) is 3.59. The van der Waals surface area contributed by atoms with Gasteiger partial charge in [0, 0.05) is 16.9 Å². The molecule has 0 aliphatic rings. The van der Waals surface area contributed by atoms with E-state index in [9.17, 15) is 18.4 Å². The van der Waals surface area contributed by atoms with Gasteiger partial charge in [0.1, 0.15) is 0 Å². The number of aromatic nitrogens is 2. The van der Waals surface area contributed by atoms with E-state index in [4.69, 9.17) is 5.11 Å². The zero-order chi connectivity index (χ0) is 17.9. The van der Waals surface area contributed by atoms with Crippen LogP contribution in [0.4, 0.5) is 14.5 Å². The molecule has 0 fully saturated rings. The first-order chi connectivity index (χ1) is 11.3. The number of alkyl halides is 2. The van der Waals surface area contributed by atoms with Crippen molar-refractivity contribution in [3.8, 4) is 0 Å². The maximum Gasteiger partial charge on any atom is 0.333 e. The lowest BCUT2D eigenvalue weighted by atomic mass is 10.1. The molecule has 0 bridgehead atoms. The van der Waals surface area contributed by atoms with E-state index in [1.165, 1.54) is 6.92 Å². The fourth-order valence-electron chi connectivity index (χ4n) is 2.39. The second kappa shape index (κ2) is 7.20. The summed E-state index contributed by atoms with van der Waals surface area (Å²) in [5.74, 6) is -1.30. The third kappa shape index (κ3) is 4.15. The van der Waals surface area contributed by atoms with E-state index in [0.29, 0.717) is 27.2 Å². The van der Waals surface area contributed by atoms with E-state index in [0.717, 1.165) is 0 Å². The molecular weight excluding hydrogens is 320 g/mol. The van der Waals surface area contributed by atoms with Gasteiger partial charge in [-0.25, -0.2) is 4.68 Å². The summed E-state index contributed by atoms with van der Waals surface area (Å²) in [4.78, 5) is 22.7. The Kier molecular flexibility index (Phi) is 5.28. The van der Waals surface area contributed by atoms with Gasteiger partial charge in [-0.1, -0.05) is 12.1 Å². The van der Waals surface area contributed by atoms with Crippen molar-refractivity contribution in [3.05, 3.63) is 46.8 Å². The molecule has 6 nitrogen and oxygen atoms in total. The molecule has 2 aromatic rings. The van der Waals surface area contributed by atoms with Gasteiger partial charge in [0.25, 0.3) is 0 Å². The number of carboxylic acid groups (broad SMARTS) is 1. The predicted molar refractivity (Wildman–Crippen MR) is 83.1 cm³/mol. The monoisotopic (exact) mass is 337 g/mol. The maximum absolute atomic E-state index is 12.8. The highest BCUT2D eigenvalue weighted by Gasteiger charge is 2.19. The lowest BCUT2D eigenvalue weighted by Gasteiger charge is -2.07. The number of nitrogens with one attached hydrogen (secondary N) is 1. The molecule has 1 aromatic heterocycles. The first-order valence-electron chi connectivity index (χ1n) is 7.21. The summed E-state index contributed by atoms with van der Waals surface area (Å²) >= 11 is 0. The molecule has 24 heavy (non-hydrogen) atoms. The SMILES string of the molecule is Cc1nn(C(F)F)c(C)c1CC(=O)Nc1ccc(CC(=O)O)cc1. The van der Waals surface area contributed by atoms with E-state index in [2.05, 4.69) is 10.4 Å². The van der Waals surface area contributed by atoms with Gasteiger partial charge in [-0.2, -0.15) is 13.9 Å². The van der Waals surface area contributed by atoms with Crippen LogP contribution in [0, 0.1) is 13.8 Å². The van der Waals surface area contributed by atoms with Crippen LogP contribution in [0.25, 0.3) is 0 Å². The fourth-order valence-corrected chi connectivity index (χ4v) is 2.39. The summed E-state index contributed by atoms with van der Waals surface area (Å²) in [5, 5.41) is 15.1. The van der Waals surface area contributed by atoms with Gasteiger partial charge in [-0.3, -0.25) is 9.59 Å². The van der Waals surface area contributed by atoms with Gasteiger partial charge in [0.2, 0.25) is 5.91 Å². The summed E-state index contributed by atoms with van der Waals surface area (Å²) in [5.41, 5.74) is 2.24. The van der Waals surface area contributed by atoms with Gasteiger partial charge in [-0.05, 0) is 31.5 Å². The Bertz CT molecular complexity index is 755. The molecule has 0 aliphatic carbocycles. The minimum absolute atomic E-state index is 0.0682. The van der Waals surface area contributed by atoms with Crippen LogP contribution >= 0.6 is 0 Å². The zero-order valence-electron chi connectivity index (χ0n) is 13.2. The number of carbonyl (C=O) groups is 2. The molecule has 1 amide bonds. The average molecular weight is 337 g/mol. The second-order valence-corrected chi connectivity index (χ2v) is 5.36. The van der Waals surface area contributed by atoms with E-state index < -0.39 is 12.5 Å². The Hall–Kier alpha value is -2.77. The smallest absolute Gasteiger partial charge is 0.333 e. The normalized spacial score (nSPS) is 10.9. The highest BCUT2D eigenvalue weighted by molar-refractivity contribution is 5.92. The van der Waals surface area contributed by atoms with Gasteiger partial charge in [0.15, 0.2) is 0 Å². The number of benzene rings is 1. The Labute approximate surface area is 137 Å². The predicted octanol–water partition coefficient (Wildman–Crippen LogP) is 2.70. The Morgan fingerprint density at radius 2 is 1.83 bits per heavy atom. The van der Waals surface area contributed by atoms with Crippen molar-refractivity contribution in [1.29, 1.82) is 0 Å². The van der Waals surface area contributed by atoms with Crippen molar-refractivity contribution in [3.63, 3.8) is 0 Å². The summed E-state index contributed by atoms with van der Waals surface area (Å²) in [6.45, 7) is 0.326. The van der Waals surface area contributed by atoms with Crippen molar-refractivity contribution in [2.24, 2.45) is 0 Å². The summed E-state index contributed by atoms with van der Waals surface area (Å²) in [6.07, 6.45) is -0.166. The van der Waals surface area contributed by atoms with Crippen LogP contribution in [0.2, 0.25) is 0 Å². The van der Waals surface area contributed by atoms with Crippen LogP contribution in [0.1, 0.15) is 29.1 Å². The van der Waals surface area contributed by atoms with Crippen LogP contribution < -0.4 is 5.32 Å². The molecule has 128 valence electrons. The van der Waals surface area contributed by atoms with Gasteiger partial charge < -0.3 is 10.4 Å². The number of hydrogen-bond donors (Lipinski definition) is 2. The third-order valence-corrected chi connectivity index (χ3v) is 3.59. The lowest BCUT2D eigenvalue weighted by Crippen LogP contribution is -2.15. The molecule has 1 heterocycles. The van der Waals surface area contributed by atoms with Crippen LogP contribution in [0.3, 0.4) is 0 Å². The molecule has 0 aliphatic heterocycles. The quantitative estimate of drug-likeness (QED) is 0.849. The van der Waals surface area contributed by atoms with Crippen LogP contribution in [-0.4, -0.2) is 26.8 Å². The highest BCUT2D eigenvalue weighted by atomic mass is 19.3. The highest BCUT2D eigenvalue weighted by Crippen LogP contribution is 2.20. The van der Waals surface area contributed by atoms with E-state index in [1.807, 2.05) is 0 Å². The van der Waals surface area contributed by atoms with Crippen molar-refractivity contribution < 1.29 is 23.5 Å². The number of rotatable bonds is 6. The number of halogens is 2. The Balaban J connectivity index is 2.05. The molecule has 0 unspecified atom stereocenters. The lowest BCUT2D eigenvalue weighted by molar-refractivity contribution is -0.136. The van der Waals surface area contributed by atoms with Crippen LogP contribution in [0.15, 0.2) is 24.3 Å². The molecular formula is C16H17F2N3O3. The van der Waals surface area contributed by atoms with Crippen molar-refractivity contribution in [2.45, 2.75) is 33.2 Å². The largest absolute Gasteiger partial charge is 0.481 e. The number of carbonyl (C=O) groups excluding carboxylic acids is 1. The average Bonchev–Trinajstić information content (AvgIpc) is 2.77. The first kappa shape index (κ1) is 17.6. The number of aryl methyl sites for hydroxylation is 1. The number of anilines is 1. The molecule has 8 heteroatoms. The second-order valence-electron chi connectivity index (χ2n) is 5.36. The molecule has 0 atom stereocenters. The minimum Gasteiger partial charge on any atom is -0.481 e. The van der Waals surface area contributed by atoms with Gasteiger partial charge >= 0.3 is 12.5 Å². The molecule has 0 radical (unpaired) electrons. The Morgan fingerprint density at radius 1 is 1.21 bits per heavy atom. The number of carboxylic acids is 1. The number of aliphatic carboxylic acids is 1. The molecule has 2 rings (SSSR count). The van der Waals surface area contributed by atoms with Crippen LogP contribution in [0.5, 0.6) is 0 Å². The Morgan fingerprint density at radius 3 is 2.33 bits per heavy atom. The number of nitrogens with zero attached hydrogens (tertiary/aromatic N) is 2. The van der Waals surface area contributed by atoms with E-state index >= 15 is 0 Å². The summed E-state index contributed by atoms with van der Waals surface area (Å²) in [7, 11) is 0. The molecule has 1 aromatic carbocycles. The number of hydrogen-bond acceptors (Lipinski definition) is 3. The maximum atomic E-state index is 12.8.